The summed E-state index contributed by atoms with van der Waals surface area (Å²) in [6.45, 7) is 1.65. The van der Waals surface area contributed by atoms with E-state index >= 15 is 0 Å². The number of rotatable bonds is 2. The minimum atomic E-state index is -0.533. The van der Waals surface area contributed by atoms with Gasteiger partial charge in [-0.2, -0.15) is 4.98 Å². The van der Waals surface area contributed by atoms with E-state index in [9.17, 15) is 4.39 Å². The molecule has 4 nitrogen and oxygen atoms in total. The summed E-state index contributed by atoms with van der Waals surface area (Å²) in [4.78, 5) is 7.87. The number of aromatic nitrogens is 2. The fourth-order valence-corrected chi connectivity index (χ4v) is 1.63. The first-order valence-corrected chi connectivity index (χ1v) is 5.65. The van der Waals surface area contributed by atoms with Crippen molar-refractivity contribution in [3.63, 3.8) is 0 Å². The lowest BCUT2D eigenvalue weighted by atomic mass is 10.3. The number of anilines is 1. The molecule has 94 valence electrons. The summed E-state index contributed by atoms with van der Waals surface area (Å²) in [6, 6.07) is 3.91. The highest BCUT2D eigenvalue weighted by Crippen LogP contribution is 2.31. The number of nitrogens with zero attached hydrogens (tertiary/aromatic N) is 2. The van der Waals surface area contributed by atoms with Crippen LogP contribution in [0.25, 0.3) is 0 Å². The minimum absolute atomic E-state index is 0.0528. The van der Waals surface area contributed by atoms with Gasteiger partial charge in [0.25, 0.3) is 0 Å². The maximum Gasteiger partial charge on any atom is 0.247 e. The van der Waals surface area contributed by atoms with Crippen molar-refractivity contribution in [2.24, 2.45) is 0 Å². The molecule has 2 rings (SSSR count). The first-order valence-electron chi connectivity index (χ1n) is 4.90. The molecular weight excluding hydrogens is 280 g/mol. The van der Waals surface area contributed by atoms with Crippen molar-refractivity contribution >= 4 is 28.9 Å². The first-order chi connectivity index (χ1) is 8.47. The monoisotopic (exact) mass is 287 g/mol. The number of nitrogen functional groups attached to an aromatic ring is 1. The lowest BCUT2D eigenvalue weighted by Gasteiger charge is -2.09. The molecule has 0 spiro atoms. The van der Waals surface area contributed by atoms with Crippen molar-refractivity contribution in [3.05, 3.63) is 40.0 Å². The Morgan fingerprint density at radius 3 is 2.67 bits per heavy atom. The Hall–Kier alpha value is -1.59. The highest BCUT2D eigenvalue weighted by Gasteiger charge is 2.11. The highest BCUT2D eigenvalue weighted by atomic mass is 35.5. The lowest BCUT2D eigenvalue weighted by molar-refractivity contribution is 0.461. The maximum absolute atomic E-state index is 13.0. The standard InChI is InChI=1S/C11H8Cl2FN3O/c1-5-16-10(13)9(15)11(17-5)18-6-2-3-8(14)7(12)4-6/h2-4H,15H2,1H3. The summed E-state index contributed by atoms with van der Waals surface area (Å²) in [7, 11) is 0. The third-order valence-corrected chi connectivity index (χ3v) is 2.66. The Balaban J connectivity index is 2.36. The van der Waals surface area contributed by atoms with Crippen LogP contribution in [0.3, 0.4) is 0 Å². The van der Waals surface area contributed by atoms with Crippen LogP contribution in [0.15, 0.2) is 18.2 Å². The van der Waals surface area contributed by atoms with E-state index in [1.807, 2.05) is 0 Å². The third-order valence-electron chi connectivity index (χ3n) is 2.08. The van der Waals surface area contributed by atoms with Gasteiger partial charge in [0, 0.05) is 6.07 Å². The van der Waals surface area contributed by atoms with Gasteiger partial charge in [-0.3, -0.25) is 0 Å². The van der Waals surface area contributed by atoms with Gasteiger partial charge in [-0.05, 0) is 19.1 Å². The lowest BCUT2D eigenvalue weighted by Crippen LogP contribution is -2.00. The fourth-order valence-electron chi connectivity index (χ4n) is 1.25. The van der Waals surface area contributed by atoms with Crippen molar-refractivity contribution in [2.75, 3.05) is 5.73 Å². The molecule has 2 N–H and O–H groups in total. The second kappa shape index (κ2) is 4.96. The number of ether oxygens (including phenoxy) is 1. The van der Waals surface area contributed by atoms with Crippen LogP contribution in [0.1, 0.15) is 5.82 Å². The second-order valence-electron chi connectivity index (χ2n) is 3.46. The molecule has 7 heteroatoms. The van der Waals surface area contributed by atoms with Crippen LogP contribution in [0.2, 0.25) is 10.2 Å². The highest BCUT2D eigenvalue weighted by molar-refractivity contribution is 6.32. The Labute approximate surface area is 113 Å². The number of hydrogen-bond donors (Lipinski definition) is 1. The van der Waals surface area contributed by atoms with E-state index in [1.54, 1.807) is 6.92 Å². The summed E-state index contributed by atoms with van der Waals surface area (Å²) in [6.07, 6.45) is 0. The Morgan fingerprint density at radius 1 is 1.28 bits per heavy atom. The molecule has 0 aliphatic rings. The van der Waals surface area contributed by atoms with Gasteiger partial charge in [0.1, 0.15) is 23.1 Å². The third kappa shape index (κ3) is 2.63. The molecule has 0 fully saturated rings. The summed E-state index contributed by atoms with van der Waals surface area (Å²) in [5.41, 5.74) is 5.79. The molecule has 0 aliphatic heterocycles. The molecule has 0 bridgehead atoms. The van der Waals surface area contributed by atoms with Crippen LogP contribution >= 0.6 is 23.2 Å². The van der Waals surface area contributed by atoms with Gasteiger partial charge >= 0.3 is 0 Å². The SMILES string of the molecule is Cc1nc(Cl)c(N)c(Oc2ccc(F)c(Cl)c2)n1. The number of halogens is 3. The summed E-state index contributed by atoms with van der Waals surface area (Å²) in [5, 5.41) is 0.0497. The molecule has 0 saturated carbocycles. The van der Waals surface area contributed by atoms with E-state index in [-0.39, 0.29) is 21.7 Å². The van der Waals surface area contributed by atoms with E-state index < -0.39 is 5.82 Å². The summed E-state index contributed by atoms with van der Waals surface area (Å²) in [5.74, 6) is 0.295. The van der Waals surface area contributed by atoms with Gasteiger partial charge in [0.05, 0.1) is 5.02 Å². The normalized spacial score (nSPS) is 10.4. The topological polar surface area (TPSA) is 61.0 Å². The molecule has 0 saturated heterocycles. The first kappa shape index (κ1) is 12.9. The summed E-state index contributed by atoms with van der Waals surface area (Å²) >= 11 is 11.4. The molecule has 0 unspecified atom stereocenters. The van der Waals surface area contributed by atoms with E-state index in [0.717, 1.165) is 0 Å². The largest absolute Gasteiger partial charge is 0.437 e. The van der Waals surface area contributed by atoms with Crippen LogP contribution in [0, 0.1) is 12.7 Å². The molecular formula is C11H8Cl2FN3O. The Kier molecular flexibility index (Phi) is 3.54. The molecule has 18 heavy (non-hydrogen) atoms. The van der Waals surface area contributed by atoms with Gasteiger partial charge in [0.15, 0.2) is 5.15 Å². The maximum atomic E-state index is 13.0. The predicted molar refractivity (Wildman–Crippen MR) is 67.7 cm³/mol. The van der Waals surface area contributed by atoms with Crippen molar-refractivity contribution < 1.29 is 9.13 Å². The van der Waals surface area contributed by atoms with Crippen LogP contribution in [-0.4, -0.2) is 9.97 Å². The van der Waals surface area contributed by atoms with E-state index in [1.165, 1.54) is 18.2 Å². The fraction of sp³-hybridized carbons (Fsp3) is 0.0909. The molecule has 0 amide bonds. The molecule has 1 aromatic heterocycles. The van der Waals surface area contributed by atoms with Gasteiger partial charge in [0.2, 0.25) is 5.88 Å². The van der Waals surface area contributed by atoms with Crippen LogP contribution < -0.4 is 10.5 Å². The van der Waals surface area contributed by atoms with Crippen LogP contribution in [0.5, 0.6) is 11.6 Å². The van der Waals surface area contributed by atoms with E-state index in [4.69, 9.17) is 33.7 Å². The predicted octanol–water partition coefficient (Wildman–Crippen LogP) is 3.61. The van der Waals surface area contributed by atoms with E-state index in [2.05, 4.69) is 9.97 Å². The van der Waals surface area contributed by atoms with Gasteiger partial charge in [-0.25, -0.2) is 9.37 Å². The van der Waals surface area contributed by atoms with Crippen molar-refractivity contribution in [3.8, 4) is 11.6 Å². The zero-order valence-corrected chi connectivity index (χ0v) is 10.8. The molecule has 0 aliphatic carbocycles. The van der Waals surface area contributed by atoms with Crippen molar-refractivity contribution in [1.29, 1.82) is 0 Å². The minimum Gasteiger partial charge on any atom is -0.437 e. The molecule has 0 radical (unpaired) electrons. The quantitative estimate of drug-likeness (QED) is 0.857. The number of benzene rings is 1. The molecule has 1 aromatic carbocycles. The molecule has 0 atom stereocenters. The van der Waals surface area contributed by atoms with Crippen molar-refractivity contribution in [1.82, 2.24) is 9.97 Å². The van der Waals surface area contributed by atoms with Crippen LogP contribution in [0.4, 0.5) is 10.1 Å². The number of nitrogens with two attached hydrogens (primary N) is 1. The number of hydrogen-bond acceptors (Lipinski definition) is 4. The summed E-state index contributed by atoms with van der Waals surface area (Å²) < 4.78 is 18.4. The molecule has 1 heterocycles. The average molecular weight is 288 g/mol. The Morgan fingerprint density at radius 2 is 2.00 bits per heavy atom. The van der Waals surface area contributed by atoms with Crippen molar-refractivity contribution in [2.45, 2.75) is 6.92 Å². The smallest absolute Gasteiger partial charge is 0.247 e. The number of aryl methyl sites for hydroxylation is 1. The van der Waals surface area contributed by atoms with Gasteiger partial charge in [-0.1, -0.05) is 23.2 Å². The zero-order chi connectivity index (χ0) is 13.3. The van der Waals surface area contributed by atoms with Gasteiger partial charge < -0.3 is 10.5 Å². The second-order valence-corrected chi connectivity index (χ2v) is 4.22. The Bertz CT molecular complexity index is 607. The van der Waals surface area contributed by atoms with E-state index in [0.29, 0.717) is 11.6 Å². The average Bonchev–Trinajstić information content (AvgIpc) is 2.30. The zero-order valence-electron chi connectivity index (χ0n) is 9.25. The molecule has 2 aromatic rings. The van der Waals surface area contributed by atoms with Crippen LogP contribution in [-0.2, 0) is 0 Å². The van der Waals surface area contributed by atoms with Gasteiger partial charge in [-0.15, -0.1) is 0 Å².